The molecule has 0 unspecified atom stereocenters. The van der Waals surface area contributed by atoms with Crippen molar-refractivity contribution < 1.29 is 0 Å². The lowest BCUT2D eigenvalue weighted by molar-refractivity contribution is 0.660. The Kier molecular flexibility index (Phi) is 7.45. The molecule has 0 atom stereocenters. The molecule has 0 aliphatic heterocycles. The molecule has 0 radical (unpaired) electrons. The molecule has 3 aromatic heterocycles. The Labute approximate surface area is 348 Å². The zero-order chi connectivity index (χ0) is 40.1. The Bertz CT molecular complexity index is 3570. The molecule has 0 amide bonds. The van der Waals surface area contributed by atoms with Crippen molar-refractivity contribution in [1.29, 1.82) is 0 Å². The maximum atomic E-state index is 5.52. The second-order valence-corrected chi connectivity index (χ2v) is 16.6. The van der Waals surface area contributed by atoms with E-state index in [4.69, 9.17) is 9.97 Å². The van der Waals surface area contributed by atoms with Crippen LogP contribution in [0.4, 0.5) is 0 Å². The van der Waals surface area contributed by atoms with Crippen LogP contribution >= 0.6 is 0 Å². The SMILES string of the molecule is C=C1/C=C\C(n2c3ccccc3c3c4ccccc4ccc32)=C/Cc2c(n(-c3nc(-c4ccc5c(c4)C(C)(C)c4ccccc4-5)c4ccccc4n3)c3ccccc23)/C=C\1. The van der Waals surface area contributed by atoms with Crippen LogP contribution in [0, 0.1) is 0 Å². The summed E-state index contributed by atoms with van der Waals surface area (Å²) in [6, 6.07) is 54.7. The number of rotatable bonds is 3. The quantitative estimate of drug-likeness (QED) is 0.179. The van der Waals surface area contributed by atoms with Gasteiger partial charge in [-0.2, -0.15) is 0 Å². The molecule has 3 heterocycles. The minimum Gasteiger partial charge on any atom is -0.310 e. The molecule has 0 bridgehead atoms. The molecule has 284 valence electrons. The predicted octanol–water partition coefficient (Wildman–Crippen LogP) is 14.0. The van der Waals surface area contributed by atoms with Crippen molar-refractivity contribution in [1.82, 2.24) is 19.1 Å². The molecule has 0 saturated heterocycles. The van der Waals surface area contributed by atoms with E-state index in [0.29, 0.717) is 12.4 Å². The summed E-state index contributed by atoms with van der Waals surface area (Å²) >= 11 is 0. The minimum atomic E-state index is -0.127. The van der Waals surface area contributed by atoms with Gasteiger partial charge in [0.15, 0.2) is 0 Å². The normalized spacial score (nSPS) is 16.5. The van der Waals surface area contributed by atoms with Crippen molar-refractivity contribution in [2.24, 2.45) is 0 Å². The standard InChI is InChI=1S/C56H40N4/c1-35-24-28-38(59-50-23-13-9-19-45(50)53-39-15-5-4-14-36(39)27-33-52(53)59)29-31-43-42-17-8-12-22-49(42)60(51(43)32-25-35)55-57-48-21-11-7-18-44(48)54(58-55)37-26-30-41-40-16-6-10-20-46(40)56(2,3)47(41)34-37/h4-30,32-34H,1,31H2,2-3H3/b28-24-,32-25-,38-29+. The fourth-order valence-corrected chi connectivity index (χ4v) is 10.1. The third-order valence-corrected chi connectivity index (χ3v) is 12.9. The van der Waals surface area contributed by atoms with Crippen LogP contribution < -0.4 is 0 Å². The zero-order valence-electron chi connectivity index (χ0n) is 33.5. The van der Waals surface area contributed by atoms with Crippen LogP contribution in [-0.2, 0) is 11.8 Å². The molecule has 12 rings (SSSR count). The van der Waals surface area contributed by atoms with Crippen molar-refractivity contribution in [3.63, 3.8) is 0 Å². The van der Waals surface area contributed by atoms with Gasteiger partial charge in [0, 0.05) is 38.2 Å². The maximum absolute atomic E-state index is 5.52. The van der Waals surface area contributed by atoms with Crippen LogP contribution in [0.15, 0.2) is 188 Å². The summed E-state index contributed by atoms with van der Waals surface area (Å²) in [7, 11) is 0. The van der Waals surface area contributed by atoms with Gasteiger partial charge in [0.05, 0.1) is 33.5 Å². The first-order valence-corrected chi connectivity index (χ1v) is 20.7. The van der Waals surface area contributed by atoms with Gasteiger partial charge in [0.1, 0.15) is 0 Å². The van der Waals surface area contributed by atoms with Crippen LogP contribution in [0.2, 0.25) is 0 Å². The largest absolute Gasteiger partial charge is 0.310 e. The number of aromatic nitrogens is 4. The molecule has 7 aromatic carbocycles. The third kappa shape index (κ3) is 5.04. The molecule has 0 fully saturated rings. The van der Waals surface area contributed by atoms with E-state index in [0.717, 1.165) is 44.6 Å². The molecular weight excluding hydrogens is 729 g/mol. The Hall–Kier alpha value is -7.56. The van der Waals surface area contributed by atoms with E-state index in [-0.39, 0.29) is 5.41 Å². The highest BCUT2D eigenvalue weighted by atomic mass is 15.2. The molecule has 4 nitrogen and oxygen atoms in total. The Morgan fingerprint density at radius 3 is 2.10 bits per heavy atom. The number of benzene rings is 7. The summed E-state index contributed by atoms with van der Waals surface area (Å²) in [6.07, 6.45) is 11.7. The van der Waals surface area contributed by atoms with Gasteiger partial charge in [-0.15, -0.1) is 0 Å². The molecule has 2 aliphatic rings. The van der Waals surface area contributed by atoms with Crippen LogP contribution in [0.1, 0.15) is 36.2 Å². The van der Waals surface area contributed by atoms with E-state index in [1.54, 1.807) is 0 Å². The summed E-state index contributed by atoms with van der Waals surface area (Å²) in [5.74, 6) is 0.644. The first-order valence-electron chi connectivity index (χ1n) is 20.7. The van der Waals surface area contributed by atoms with Gasteiger partial charge in [0.25, 0.3) is 0 Å². The molecular formula is C56H40N4. The van der Waals surface area contributed by atoms with Crippen molar-refractivity contribution in [3.05, 3.63) is 210 Å². The number of nitrogens with zero attached hydrogens (tertiary/aromatic N) is 4. The zero-order valence-corrected chi connectivity index (χ0v) is 33.5. The third-order valence-electron chi connectivity index (χ3n) is 12.9. The molecule has 4 heteroatoms. The van der Waals surface area contributed by atoms with Crippen LogP contribution in [0.5, 0.6) is 0 Å². The maximum Gasteiger partial charge on any atom is 0.235 e. The smallest absolute Gasteiger partial charge is 0.235 e. The Morgan fingerprint density at radius 1 is 0.550 bits per heavy atom. The number of hydrogen-bond donors (Lipinski definition) is 0. The monoisotopic (exact) mass is 768 g/mol. The first kappa shape index (κ1) is 34.5. The van der Waals surface area contributed by atoms with Crippen molar-refractivity contribution in [2.75, 3.05) is 0 Å². The number of hydrogen-bond acceptors (Lipinski definition) is 2. The van der Waals surface area contributed by atoms with Crippen LogP contribution in [0.3, 0.4) is 0 Å². The van der Waals surface area contributed by atoms with E-state index in [2.05, 4.69) is 212 Å². The first-order chi connectivity index (χ1) is 29.4. The molecule has 2 aliphatic carbocycles. The van der Waals surface area contributed by atoms with Gasteiger partial charge >= 0.3 is 0 Å². The minimum absolute atomic E-state index is 0.127. The van der Waals surface area contributed by atoms with Gasteiger partial charge in [0.2, 0.25) is 5.95 Å². The number of fused-ring (bicyclic) bond motifs is 12. The summed E-state index contributed by atoms with van der Waals surface area (Å²) in [4.78, 5) is 10.8. The van der Waals surface area contributed by atoms with E-state index in [1.165, 1.54) is 65.8 Å². The van der Waals surface area contributed by atoms with Crippen molar-refractivity contribution in [2.45, 2.75) is 25.7 Å². The lowest BCUT2D eigenvalue weighted by atomic mass is 9.82. The average molecular weight is 769 g/mol. The highest BCUT2D eigenvalue weighted by Crippen LogP contribution is 2.50. The van der Waals surface area contributed by atoms with E-state index < -0.39 is 0 Å². The highest BCUT2D eigenvalue weighted by Gasteiger charge is 2.35. The molecule has 0 N–H and O–H groups in total. The molecule has 0 spiro atoms. The summed E-state index contributed by atoms with van der Waals surface area (Å²) in [5, 5.41) is 7.22. The van der Waals surface area contributed by atoms with Gasteiger partial charge in [-0.05, 0) is 93.1 Å². The van der Waals surface area contributed by atoms with E-state index in [9.17, 15) is 0 Å². The summed E-state index contributed by atoms with van der Waals surface area (Å²) < 4.78 is 4.67. The summed E-state index contributed by atoms with van der Waals surface area (Å²) in [6.45, 7) is 9.16. The fraction of sp³-hybridized carbons (Fsp3) is 0.0714. The Balaban J connectivity index is 1.06. The van der Waals surface area contributed by atoms with Crippen LogP contribution in [-0.4, -0.2) is 19.1 Å². The van der Waals surface area contributed by atoms with E-state index >= 15 is 0 Å². The lowest BCUT2D eigenvalue weighted by Crippen LogP contribution is -2.15. The number of allylic oxidation sites excluding steroid dienone is 6. The molecule has 10 aromatic rings. The highest BCUT2D eigenvalue weighted by molar-refractivity contribution is 6.22. The average Bonchev–Trinajstić information content (AvgIpc) is 3.88. The second kappa shape index (κ2) is 13.0. The Morgan fingerprint density at radius 2 is 1.23 bits per heavy atom. The molecule has 60 heavy (non-hydrogen) atoms. The van der Waals surface area contributed by atoms with Crippen molar-refractivity contribution >= 4 is 66.2 Å². The predicted molar refractivity (Wildman–Crippen MR) is 252 cm³/mol. The van der Waals surface area contributed by atoms with E-state index in [1.807, 2.05) is 0 Å². The van der Waals surface area contributed by atoms with Gasteiger partial charge in [-0.3, -0.25) is 4.57 Å². The second-order valence-electron chi connectivity index (χ2n) is 16.6. The van der Waals surface area contributed by atoms with Gasteiger partial charge in [-0.25, -0.2) is 9.97 Å². The number of para-hydroxylation sites is 3. The van der Waals surface area contributed by atoms with Gasteiger partial charge in [-0.1, -0.05) is 160 Å². The van der Waals surface area contributed by atoms with Gasteiger partial charge < -0.3 is 4.57 Å². The lowest BCUT2D eigenvalue weighted by Gasteiger charge is -2.22. The van der Waals surface area contributed by atoms with Crippen molar-refractivity contribution in [3.8, 4) is 28.3 Å². The topological polar surface area (TPSA) is 35.6 Å². The van der Waals surface area contributed by atoms with Crippen LogP contribution in [0.25, 0.3) is 94.5 Å². The molecule has 0 saturated carbocycles. The fourth-order valence-electron chi connectivity index (χ4n) is 10.1. The summed E-state index contributed by atoms with van der Waals surface area (Å²) in [5.41, 5.74) is 15.8.